The third kappa shape index (κ3) is 7.68. The quantitative estimate of drug-likeness (QED) is 0.103. The second-order valence-corrected chi connectivity index (χ2v) is 13.1. The van der Waals surface area contributed by atoms with Gasteiger partial charge in [0.25, 0.3) is 5.91 Å². The van der Waals surface area contributed by atoms with Crippen LogP contribution in [-0.2, 0) is 16.6 Å². The summed E-state index contributed by atoms with van der Waals surface area (Å²) in [5.41, 5.74) is 4.12. The van der Waals surface area contributed by atoms with Crippen molar-refractivity contribution in [3.05, 3.63) is 82.9 Å². The summed E-state index contributed by atoms with van der Waals surface area (Å²) in [6.45, 7) is 5.36. The maximum Gasteiger partial charge on any atom is 0.335 e. The first-order valence-electron chi connectivity index (χ1n) is 15.7. The average molecular weight is 688 g/mol. The number of thioether (sulfide) groups is 1. The SMILES string of the molecule is COc1cc(C(=O)O)ccc1OCCCN1C(=O)C(=Cc2ccc(OCCN3CCOCC3)c(-c3ccc4c(ccn4C)c3)c2)SC1=S. The lowest BCUT2D eigenvalue weighted by atomic mass is 10.00. The summed E-state index contributed by atoms with van der Waals surface area (Å²) in [5, 5.41) is 10.4. The Morgan fingerprint density at radius 2 is 1.77 bits per heavy atom. The number of rotatable bonds is 13. The molecule has 0 radical (unpaired) electrons. The van der Waals surface area contributed by atoms with Gasteiger partial charge in [-0.3, -0.25) is 14.6 Å². The number of hydrogen-bond donors (Lipinski definition) is 1. The smallest absolute Gasteiger partial charge is 0.335 e. The molecule has 3 aromatic carbocycles. The normalized spacial score (nSPS) is 16.2. The molecule has 0 atom stereocenters. The molecule has 250 valence electrons. The van der Waals surface area contributed by atoms with Gasteiger partial charge in [0.15, 0.2) is 11.5 Å². The van der Waals surface area contributed by atoms with Crippen LogP contribution in [0.15, 0.2) is 71.8 Å². The van der Waals surface area contributed by atoms with Gasteiger partial charge in [-0.25, -0.2) is 4.79 Å². The first-order chi connectivity index (χ1) is 23.3. The average Bonchev–Trinajstić information content (AvgIpc) is 3.60. The Labute approximate surface area is 288 Å². The number of carbonyl (C=O) groups excluding carboxylic acids is 1. The van der Waals surface area contributed by atoms with E-state index in [1.54, 1.807) is 11.0 Å². The van der Waals surface area contributed by atoms with Crippen molar-refractivity contribution < 1.29 is 33.6 Å². The zero-order chi connectivity index (χ0) is 33.6. The van der Waals surface area contributed by atoms with Crippen LogP contribution in [-0.4, -0.2) is 95.4 Å². The number of aromatic nitrogens is 1. The number of aryl methyl sites for hydroxylation is 1. The first kappa shape index (κ1) is 33.5. The predicted octanol–water partition coefficient (Wildman–Crippen LogP) is 5.93. The summed E-state index contributed by atoms with van der Waals surface area (Å²) < 4.78 is 25.5. The molecular weight excluding hydrogens is 651 g/mol. The van der Waals surface area contributed by atoms with Crippen molar-refractivity contribution in [1.82, 2.24) is 14.4 Å². The highest BCUT2D eigenvalue weighted by atomic mass is 32.2. The molecule has 0 bridgehead atoms. The Balaban J connectivity index is 1.15. The van der Waals surface area contributed by atoms with E-state index < -0.39 is 5.97 Å². The number of aromatic carboxylic acids is 1. The minimum absolute atomic E-state index is 0.110. The second-order valence-electron chi connectivity index (χ2n) is 11.5. The van der Waals surface area contributed by atoms with E-state index in [9.17, 15) is 14.7 Å². The number of nitrogens with zero attached hydrogens (tertiary/aromatic N) is 3. The first-order valence-corrected chi connectivity index (χ1v) is 16.9. The molecule has 4 aromatic rings. The van der Waals surface area contributed by atoms with Crippen LogP contribution in [0.3, 0.4) is 0 Å². The van der Waals surface area contributed by atoms with Gasteiger partial charge in [0.05, 0.1) is 37.4 Å². The van der Waals surface area contributed by atoms with Crippen molar-refractivity contribution in [1.29, 1.82) is 0 Å². The molecule has 10 nitrogen and oxygen atoms in total. The van der Waals surface area contributed by atoms with Crippen LogP contribution in [0.2, 0.25) is 0 Å². The largest absolute Gasteiger partial charge is 0.493 e. The summed E-state index contributed by atoms with van der Waals surface area (Å²) in [7, 11) is 3.49. The van der Waals surface area contributed by atoms with Gasteiger partial charge < -0.3 is 28.6 Å². The van der Waals surface area contributed by atoms with E-state index in [-0.39, 0.29) is 11.5 Å². The Bertz CT molecular complexity index is 1870. The van der Waals surface area contributed by atoms with Crippen LogP contribution in [0.4, 0.5) is 0 Å². The van der Waals surface area contributed by atoms with E-state index >= 15 is 0 Å². The number of fused-ring (bicyclic) bond motifs is 1. The summed E-state index contributed by atoms with van der Waals surface area (Å²) >= 11 is 6.87. The minimum Gasteiger partial charge on any atom is -0.493 e. The summed E-state index contributed by atoms with van der Waals surface area (Å²) in [6.07, 6.45) is 4.45. The van der Waals surface area contributed by atoms with Crippen molar-refractivity contribution in [2.75, 3.05) is 59.7 Å². The molecule has 2 aliphatic heterocycles. The van der Waals surface area contributed by atoms with Crippen molar-refractivity contribution in [3.63, 3.8) is 0 Å². The molecule has 1 aromatic heterocycles. The topological polar surface area (TPSA) is 103 Å². The van der Waals surface area contributed by atoms with Gasteiger partial charge in [0.1, 0.15) is 16.7 Å². The van der Waals surface area contributed by atoms with Gasteiger partial charge >= 0.3 is 5.97 Å². The molecule has 48 heavy (non-hydrogen) atoms. The van der Waals surface area contributed by atoms with E-state index in [0.717, 1.165) is 66.2 Å². The van der Waals surface area contributed by atoms with Crippen LogP contribution in [0.5, 0.6) is 17.2 Å². The zero-order valence-electron chi connectivity index (χ0n) is 26.8. The molecule has 0 saturated carbocycles. The molecule has 0 spiro atoms. The van der Waals surface area contributed by atoms with E-state index in [1.165, 1.54) is 31.0 Å². The van der Waals surface area contributed by atoms with Crippen LogP contribution in [0, 0.1) is 0 Å². The Morgan fingerprint density at radius 3 is 2.56 bits per heavy atom. The summed E-state index contributed by atoms with van der Waals surface area (Å²) in [6, 6.07) is 18.9. The highest BCUT2D eigenvalue weighted by Gasteiger charge is 2.31. The Morgan fingerprint density at radius 1 is 0.979 bits per heavy atom. The highest BCUT2D eigenvalue weighted by molar-refractivity contribution is 8.26. The summed E-state index contributed by atoms with van der Waals surface area (Å²) in [4.78, 5) is 29.2. The van der Waals surface area contributed by atoms with E-state index in [4.69, 9.17) is 31.2 Å². The molecule has 1 N–H and O–H groups in total. The maximum absolute atomic E-state index is 13.4. The number of carboxylic acid groups (broad SMARTS) is 1. The molecule has 3 heterocycles. The van der Waals surface area contributed by atoms with E-state index in [2.05, 4.69) is 39.8 Å². The third-order valence-corrected chi connectivity index (χ3v) is 9.71. The third-order valence-electron chi connectivity index (χ3n) is 8.33. The molecule has 0 aliphatic carbocycles. The Kier molecular flexibility index (Phi) is 10.7. The molecule has 2 saturated heterocycles. The maximum atomic E-state index is 13.4. The van der Waals surface area contributed by atoms with Crippen LogP contribution < -0.4 is 14.2 Å². The predicted molar refractivity (Wildman–Crippen MR) is 191 cm³/mol. The lowest BCUT2D eigenvalue weighted by molar-refractivity contribution is -0.122. The fraction of sp³-hybridized carbons (Fsp3) is 0.306. The summed E-state index contributed by atoms with van der Waals surface area (Å²) in [5.74, 6) is 0.364. The Hall–Kier alpha value is -4.36. The lowest BCUT2D eigenvalue weighted by Gasteiger charge is -2.26. The standard InChI is InChI=1S/C36H37N3O7S2/c1-37-12-10-26-22-25(5-7-29(26)37)28-20-24(4-8-30(28)46-19-15-38-13-17-44-18-14-38)21-33-34(40)39(36(47)48-33)11-3-16-45-31-9-6-27(35(41)42)23-32(31)43-2/h4-10,12,20-23H,3,11,13-19H2,1-2H3,(H,41,42). The van der Waals surface area contributed by atoms with Crippen LogP contribution in [0.1, 0.15) is 22.3 Å². The number of methoxy groups -OCH3 is 1. The van der Waals surface area contributed by atoms with Crippen molar-refractivity contribution in [2.45, 2.75) is 6.42 Å². The van der Waals surface area contributed by atoms with Gasteiger partial charge in [-0.2, -0.15) is 0 Å². The number of ether oxygens (including phenoxy) is 4. The highest BCUT2D eigenvalue weighted by Crippen LogP contribution is 2.37. The number of amides is 1. The van der Waals surface area contributed by atoms with Crippen LogP contribution >= 0.6 is 24.0 Å². The van der Waals surface area contributed by atoms with Gasteiger partial charge in [-0.15, -0.1) is 0 Å². The van der Waals surface area contributed by atoms with E-state index in [1.807, 2.05) is 31.5 Å². The van der Waals surface area contributed by atoms with Crippen molar-refractivity contribution in [3.8, 4) is 28.4 Å². The second kappa shape index (κ2) is 15.2. The number of benzene rings is 3. The molecular formula is C36H37N3O7S2. The molecule has 2 fully saturated rings. The molecule has 2 aliphatic rings. The van der Waals surface area contributed by atoms with E-state index in [0.29, 0.717) is 46.9 Å². The molecule has 1 amide bonds. The van der Waals surface area contributed by atoms with Crippen molar-refractivity contribution >= 4 is 57.2 Å². The fourth-order valence-corrected chi connectivity index (χ4v) is 7.02. The number of thiocarbonyl (C=S) groups is 1. The lowest BCUT2D eigenvalue weighted by Crippen LogP contribution is -2.38. The minimum atomic E-state index is -1.05. The number of morpholine rings is 1. The van der Waals surface area contributed by atoms with Crippen LogP contribution in [0.25, 0.3) is 28.1 Å². The monoisotopic (exact) mass is 687 g/mol. The molecule has 0 unspecified atom stereocenters. The molecule has 12 heteroatoms. The van der Waals surface area contributed by atoms with Crippen molar-refractivity contribution in [2.24, 2.45) is 7.05 Å². The fourth-order valence-electron chi connectivity index (χ4n) is 5.72. The van der Waals surface area contributed by atoms with Gasteiger partial charge in [0, 0.05) is 55.9 Å². The molecule has 6 rings (SSSR count). The van der Waals surface area contributed by atoms with Gasteiger partial charge in [-0.05, 0) is 72.2 Å². The van der Waals surface area contributed by atoms with Gasteiger partial charge in [0.2, 0.25) is 0 Å². The number of hydrogen-bond acceptors (Lipinski definition) is 9. The van der Waals surface area contributed by atoms with Gasteiger partial charge in [-0.1, -0.05) is 36.1 Å². The number of carbonyl (C=O) groups is 2. The zero-order valence-corrected chi connectivity index (χ0v) is 28.5. The number of carboxylic acids is 1.